The van der Waals surface area contributed by atoms with Crippen molar-refractivity contribution in [3.8, 4) is 0 Å². The van der Waals surface area contributed by atoms with Gasteiger partial charge in [0.2, 0.25) is 5.91 Å². The van der Waals surface area contributed by atoms with Crippen LogP contribution >= 0.6 is 0 Å². The summed E-state index contributed by atoms with van der Waals surface area (Å²) in [5.74, 6) is -0.441. The van der Waals surface area contributed by atoms with E-state index in [-0.39, 0.29) is 13.2 Å². The molecular weight excluding hydrogens is 248 g/mol. The number of rotatable bonds is 6. The molecule has 0 heterocycles. The molecule has 0 unspecified atom stereocenters. The normalized spacial score (nSPS) is 11.2. The maximum Gasteiger partial charge on any atom is 0.408 e. The molecule has 6 heteroatoms. The van der Waals surface area contributed by atoms with Gasteiger partial charge in [-0.3, -0.25) is 4.79 Å². The lowest BCUT2D eigenvalue weighted by atomic mass is 10.2. The molecule has 102 valence electrons. The lowest BCUT2D eigenvalue weighted by Crippen LogP contribution is -2.45. The molecule has 2 amide bonds. The molecule has 0 aliphatic heterocycles. The topological polar surface area (TPSA) is 84.5 Å². The second kappa shape index (κ2) is 7.86. The molecule has 0 bridgehead atoms. The van der Waals surface area contributed by atoms with Crippen LogP contribution in [0.4, 0.5) is 4.79 Å². The van der Waals surface area contributed by atoms with Crippen molar-refractivity contribution in [2.75, 3.05) is 6.54 Å². The quantitative estimate of drug-likeness (QED) is 0.737. The Balaban J connectivity index is 2.30. The number of nitrogens with one attached hydrogen (secondary N) is 2. The smallest absolute Gasteiger partial charge is 0.408 e. The van der Waals surface area contributed by atoms with Crippen LogP contribution in [0.5, 0.6) is 0 Å². The van der Waals surface area contributed by atoms with Crippen molar-refractivity contribution in [1.29, 1.82) is 0 Å². The summed E-state index contributed by atoms with van der Waals surface area (Å²) < 4.78 is 4.95. The highest BCUT2D eigenvalue weighted by atomic mass is 16.5. The SMILES string of the molecule is C[C@H](NC(=O)OCc1ccccc1)C(=O)NCC=O. The van der Waals surface area contributed by atoms with Gasteiger partial charge in [0, 0.05) is 0 Å². The van der Waals surface area contributed by atoms with Crippen molar-refractivity contribution in [3.05, 3.63) is 35.9 Å². The summed E-state index contributed by atoms with van der Waals surface area (Å²) in [5, 5.41) is 4.70. The standard InChI is InChI=1S/C13H16N2O4/c1-10(12(17)14-7-8-16)15-13(18)19-9-11-5-3-2-4-6-11/h2-6,8,10H,7,9H2,1H3,(H,14,17)(H,15,18)/t10-/m0/s1. The third-order valence-electron chi connectivity index (χ3n) is 2.30. The average molecular weight is 264 g/mol. The summed E-state index contributed by atoms with van der Waals surface area (Å²) in [6, 6.07) is 8.44. The van der Waals surface area contributed by atoms with Gasteiger partial charge in [0.25, 0.3) is 0 Å². The van der Waals surface area contributed by atoms with Crippen LogP contribution in [-0.4, -0.2) is 30.9 Å². The lowest BCUT2D eigenvalue weighted by molar-refractivity contribution is -0.123. The highest BCUT2D eigenvalue weighted by molar-refractivity contribution is 5.86. The molecule has 0 saturated heterocycles. The highest BCUT2D eigenvalue weighted by Gasteiger charge is 2.15. The molecule has 0 spiro atoms. The Morgan fingerprint density at radius 3 is 2.63 bits per heavy atom. The van der Waals surface area contributed by atoms with Crippen LogP contribution in [0.25, 0.3) is 0 Å². The summed E-state index contributed by atoms with van der Waals surface area (Å²) in [4.78, 5) is 32.9. The molecule has 19 heavy (non-hydrogen) atoms. The first-order chi connectivity index (χ1) is 9.13. The van der Waals surface area contributed by atoms with Crippen molar-refractivity contribution in [2.45, 2.75) is 19.6 Å². The third-order valence-corrected chi connectivity index (χ3v) is 2.30. The number of amides is 2. The Bertz CT molecular complexity index is 434. The van der Waals surface area contributed by atoms with Gasteiger partial charge in [0.05, 0.1) is 6.54 Å². The van der Waals surface area contributed by atoms with Crippen LogP contribution in [-0.2, 0) is 20.9 Å². The summed E-state index contributed by atoms with van der Waals surface area (Å²) in [5.41, 5.74) is 0.857. The van der Waals surface area contributed by atoms with E-state index >= 15 is 0 Å². The molecule has 0 aliphatic rings. The van der Waals surface area contributed by atoms with Crippen molar-refractivity contribution in [2.24, 2.45) is 0 Å². The molecule has 1 rings (SSSR count). The number of hydrogen-bond acceptors (Lipinski definition) is 4. The molecule has 2 N–H and O–H groups in total. The van der Waals surface area contributed by atoms with E-state index in [1.807, 2.05) is 30.3 Å². The van der Waals surface area contributed by atoms with Gasteiger partial charge >= 0.3 is 6.09 Å². The van der Waals surface area contributed by atoms with E-state index in [0.29, 0.717) is 6.29 Å². The van der Waals surface area contributed by atoms with Crippen molar-refractivity contribution >= 4 is 18.3 Å². The fourth-order valence-electron chi connectivity index (χ4n) is 1.30. The van der Waals surface area contributed by atoms with Gasteiger partial charge in [-0.15, -0.1) is 0 Å². The zero-order valence-electron chi connectivity index (χ0n) is 10.6. The number of carbonyl (C=O) groups excluding carboxylic acids is 3. The summed E-state index contributed by atoms with van der Waals surface area (Å²) in [6.07, 6.45) is -0.115. The molecular formula is C13H16N2O4. The Labute approximate surface area is 111 Å². The fourth-order valence-corrected chi connectivity index (χ4v) is 1.30. The molecule has 0 radical (unpaired) electrons. The third kappa shape index (κ3) is 5.67. The Morgan fingerprint density at radius 1 is 1.32 bits per heavy atom. The number of ether oxygens (including phenoxy) is 1. The van der Waals surface area contributed by atoms with Gasteiger partial charge in [-0.05, 0) is 12.5 Å². The van der Waals surface area contributed by atoms with Crippen molar-refractivity contribution in [1.82, 2.24) is 10.6 Å². The van der Waals surface area contributed by atoms with Gasteiger partial charge in [-0.1, -0.05) is 30.3 Å². The maximum atomic E-state index is 11.4. The number of alkyl carbamates (subject to hydrolysis) is 1. The summed E-state index contributed by atoms with van der Waals surface area (Å²) in [7, 11) is 0. The zero-order chi connectivity index (χ0) is 14.1. The number of benzene rings is 1. The van der Waals surface area contributed by atoms with E-state index in [1.54, 1.807) is 0 Å². The van der Waals surface area contributed by atoms with Crippen LogP contribution in [0.3, 0.4) is 0 Å². The molecule has 0 fully saturated rings. The van der Waals surface area contributed by atoms with Crippen molar-refractivity contribution < 1.29 is 19.1 Å². The van der Waals surface area contributed by atoms with E-state index in [1.165, 1.54) is 6.92 Å². The Hall–Kier alpha value is -2.37. The first-order valence-corrected chi connectivity index (χ1v) is 5.82. The molecule has 1 aromatic rings. The number of aldehydes is 1. The van der Waals surface area contributed by atoms with Gasteiger partial charge in [0.1, 0.15) is 18.9 Å². The molecule has 0 aliphatic carbocycles. The largest absolute Gasteiger partial charge is 0.445 e. The molecule has 1 aromatic carbocycles. The van der Waals surface area contributed by atoms with Crippen LogP contribution < -0.4 is 10.6 Å². The predicted octanol–water partition coefficient (Wildman–Crippen LogP) is 0.616. The Kier molecular flexibility index (Phi) is 6.08. The van der Waals surface area contributed by atoms with Gasteiger partial charge in [-0.25, -0.2) is 4.79 Å². The second-order valence-electron chi connectivity index (χ2n) is 3.84. The zero-order valence-corrected chi connectivity index (χ0v) is 10.6. The molecule has 6 nitrogen and oxygen atoms in total. The maximum absolute atomic E-state index is 11.4. The van der Waals surface area contributed by atoms with E-state index in [2.05, 4.69) is 10.6 Å². The first kappa shape index (κ1) is 14.7. The highest BCUT2D eigenvalue weighted by Crippen LogP contribution is 2.00. The lowest BCUT2D eigenvalue weighted by Gasteiger charge is -2.13. The summed E-state index contributed by atoms with van der Waals surface area (Å²) >= 11 is 0. The van der Waals surface area contributed by atoms with Gasteiger partial charge < -0.3 is 20.2 Å². The van der Waals surface area contributed by atoms with Crippen LogP contribution in [0.2, 0.25) is 0 Å². The van der Waals surface area contributed by atoms with Gasteiger partial charge in [-0.2, -0.15) is 0 Å². The second-order valence-corrected chi connectivity index (χ2v) is 3.84. The van der Waals surface area contributed by atoms with E-state index < -0.39 is 18.0 Å². The first-order valence-electron chi connectivity index (χ1n) is 5.82. The predicted molar refractivity (Wildman–Crippen MR) is 68.3 cm³/mol. The molecule has 0 aromatic heterocycles. The van der Waals surface area contributed by atoms with Crippen molar-refractivity contribution in [3.63, 3.8) is 0 Å². The van der Waals surface area contributed by atoms with Crippen LogP contribution in [0, 0.1) is 0 Å². The number of carbonyl (C=O) groups is 3. The fraction of sp³-hybridized carbons (Fsp3) is 0.308. The monoisotopic (exact) mass is 264 g/mol. The minimum Gasteiger partial charge on any atom is -0.445 e. The van der Waals surface area contributed by atoms with Crippen LogP contribution in [0.15, 0.2) is 30.3 Å². The Morgan fingerprint density at radius 2 is 2.00 bits per heavy atom. The minimum atomic E-state index is -0.761. The number of hydrogen-bond donors (Lipinski definition) is 2. The molecule has 0 saturated carbocycles. The molecule has 1 atom stereocenters. The van der Waals surface area contributed by atoms with E-state index in [0.717, 1.165) is 5.56 Å². The van der Waals surface area contributed by atoms with Gasteiger partial charge in [0.15, 0.2) is 0 Å². The van der Waals surface area contributed by atoms with Crippen LogP contribution in [0.1, 0.15) is 12.5 Å². The minimum absolute atomic E-state index is 0.0794. The van der Waals surface area contributed by atoms with E-state index in [4.69, 9.17) is 4.74 Å². The average Bonchev–Trinajstić information content (AvgIpc) is 2.43. The summed E-state index contributed by atoms with van der Waals surface area (Å²) in [6.45, 7) is 1.56. The van der Waals surface area contributed by atoms with E-state index in [9.17, 15) is 14.4 Å².